The average molecular weight is 186 g/mol. The summed E-state index contributed by atoms with van der Waals surface area (Å²) in [6, 6.07) is 0.211. The van der Waals surface area contributed by atoms with Crippen molar-refractivity contribution in [3.05, 3.63) is 0 Å². The number of rotatable bonds is 1. The standard InChI is InChI=1S/C9H18N2O2/c1-9(2,3)13-8(12)11-7-5-4-6(7)10/h6-7H,4-5,10H2,1-3H3,(H,11,12). The number of carbonyl (C=O) groups is 1. The van der Waals surface area contributed by atoms with E-state index in [0.29, 0.717) is 0 Å². The number of alkyl carbamates (subject to hydrolysis) is 1. The van der Waals surface area contributed by atoms with Crippen molar-refractivity contribution in [1.29, 1.82) is 0 Å². The first kappa shape index (κ1) is 10.3. The molecular weight excluding hydrogens is 168 g/mol. The van der Waals surface area contributed by atoms with Crippen LogP contribution in [-0.2, 0) is 4.74 Å². The van der Waals surface area contributed by atoms with Crippen LogP contribution in [0.1, 0.15) is 33.6 Å². The van der Waals surface area contributed by atoms with Crippen LogP contribution >= 0.6 is 0 Å². The smallest absolute Gasteiger partial charge is 0.407 e. The topological polar surface area (TPSA) is 64.3 Å². The van der Waals surface area contributed by atoms with E-state index >= 15 is 0 Å². The van der Waals surface area contributed by atoms with E-state index in [1.807, 2.05) is 20.8 Å². The maximum Gasteiger partial charge on any atom is 0.407 e. The monoisotopic (exact) mass is 186 g/mol. The summed E-state index contributed by atoms with van der Waals surface area (Å²) in [5.74, 6) is 0. The molecule has 0 bridgehead atoms. The van der Waals surface area contributed by atoms with Gasteiger partial charge in [-0.3, -0.25) is 0 Å². The average Bonchev–Trinajstić information content (AvgIpc) is 1.94. The highest BCUT2D eigenvalue weighted by Crippen LogP contribution is 2.18. The lowest BCUT2D eigenvalue weighted by molar-refractivity contribution is 0.0467. The van der Waals surface area contributed by atoms with Gasteiger partial charge in [-0.2, -0.15) is 0 Å². The molecule has 4 nitrogen and oxygen atoms in total. The molecule has 0 aromatic heterocycles. The Morgan fingerprint density at radius 3 is 2.38 bits per heavy atom. The van der Waals surface area contributed by atoms with Crippen molar-refractivity contribution in [3.63, 3.8) is 0 Å². The van der Waals surface area contributed by atoms with E-state index in [0.717, 1.165) is 12.8 Å². The number of nitrogens with two attached hydrogens (primary N) is 1. The van der Waals surface area contributed by atoms with Crippen molar-refractivity contribution >= 4 is 6.09 Å². The molecule has 2 atom stereocenters. The summed E-state index contributed by atoms with van der Waals surface area (Å²) < 4.78 is 5.09. The van der Waals surface area contributed by atoms with Crippen LogP contribution in [0.15, 0.2) is 0 Å². The van der Waals surface area contributed by atoms with Crippen LogP contribution in [0.25, 0.3) is 0 Å². The minimum Gasteiger partial charge on any atom is -0.444 e. The predicted molar refractivity (Wildman–Crippen MR) is 50.4 cm³/mol. The minimum atomic E-state index is -0.433. The van der Waals surface area contributed by atoms with Crippen LogP contribution in [0.2, 0.25) is 0 Å². The molecule has 2 unspecified atom stereocenters. The number of ether oxygens (including phenoxy) is 1. The van der Waals surface area contributed by atoms with E-state index in [2.05, 4.69) is 5.32 Å². The Hall–Kier alpha value is -0.770. The van der Waals surface area contributed by atoms with Gasteiger partial charge in [0.1, 0.15) is 5.60 Å². The Balaban J connectivity index is 2.25. The molecule has 76 valence electrons. The van der Waals surface area contributed by atoms with E-state index in [1.165, 1.54) is 0 Å². The molecule has 4 heteroatoms. The van der Waals surface area contributed by atoms with Gasteiger partial charge in [0.15, 0.2) is 0 Å². The van der Waals surface area contributed by atoms with Crippen LogP contribution in [0.3, 0.4) is 0 Å². The number of amides is 1. The highest BCUT2D eigenvalue weighted by atomic mass is 16.6. The van der Waals surface area contributed by atoms with E-state index in [4.69, 9.17) is 10.5 Å². The summed E-state index contributed by atoms with van der Waals surface area (Å²) >= 11 is 0. The van der Waals surface area contributed by atoms with Gasteiger partial charge in [0.2, 0.25) is 0 Å². The Labute approximate surface area is 78.8 Å². The molecule has 3 N–H and O–H groups in total. The Morgan fingerprint density at radius 2 is 2.08 bits per heavy atom. The third-order valence-electron chi connectivity index (χ3n) is 2.03. The largest absolute Gasteiger partial charge is 0.444 e. The second-order valence-corrected chi connectivity index (χ2v) is 4.49. The lowest BCUT2D eigenvalue weighted by Crippen LogP contribution is -2.55. The zero-order valence-corrected chi connectivity index (χ0v) is 8.46. The molecule has 0 aromatic rings. The molecule has 1 aliphatic rings. The lowest BCUT2D eigenvalue weighted by atomic mass is 9.87. The second kappa shape index (κ2) is 3.54. The normalized spacial score (nSPS) is 27.7. The van der Waals surface area contributed by atoms with Crippen molar-refractivity contribution in [2.75, 3.05) is 0 Å². The van der Waals surface area contributed by atoms with Crippen LogP contribution in [0, 0.1) is 0 Å². The maximum atomic E-state index is 11.2. The number of carbonyl (C=O) groups excluding carboxylic acids is 1. The van der Waals surface area contributed by atoms with Gasteiger partial charge in [0.25, 0.3) is 0 Å². The quantitative estimate of drug-likeness (QED) is 0.642. The Kier molecular flexibility index (Phi) is 2.81. The summed E-state index contributed by atoms with van der Waals surface area (Å²) in [6.45, 7) is 5.52. The van der Waals surface area contributed by atoms with Crippen molar-refractivity contribution in [1.82, 2.24) is 5.32 Å². The number of nitrogens with one attached hydrogen (secondary N) is 1. The van der Waals surface area contributed by atoms with Crippen LogP contribution in [0.5, 0.6) is 0 Å². The van der Waals surface area contributed by atoms with E-state index < -0.39 is 5.60 Å². The number of hydrogen-bond acceptors (Lipinski definition) is 3. The van der Waals surface area contributed by atoms with Gasteiger partial charge in [-0.05, 0) is 33.6 Å². The molecule has 0 aromatic carbocycles. The summed E-state index contributed by atoms with van der Waals surface area (Å²) in [4.78, 5) is 11.2. The molecule has 0 spiro atoms. The summed E-state index contributed by atoms with van der Waals surface area (Å²) in [7, 11) is 0. The Morgan fingerprint density at radius 1 is 1.46 bits per heavy atom. The van der Waals surface area contributed by atoms with Gasteiger partial charge in [0.05, 0.1) is 0 Å². The fraction of sp³-hybridized carbons (Fsp3) is 0.889. The Bertz CT molecular complexity index is 198. The highest BCUT2D eigenvalue weighted by Gasteiger charge is 2.30. The van der Waals surface area contributed by atoms with Crippen LogP contribution in [-0.4, -0.2) is 23.8 Å². The molecule has 0 saturated heterocycles. The first-order valence-corrected chi connectivity index (χ1v) is 4.63. The van der Waals surface area contributed by atoms with Gasteiger partial charge in [0, 0.05) is 12.1 Å². The third kappa shape index (κ3) is 3.22. The first-order chi connectivity index (χ1) is 5.88. The molecule has 1 amide bonds. The van der Waals surface area contributed by atoms with Crippen LogP contribution < -0.4 is 11.1 Å². The van der Waals surface area contributed by atoms with Crippen molar-refractivity contribution < 1.29 is 9.53 Å². The molecule has 13 heavy (non-hydrogen) atoms. The molecule has 0 aliphatic heterocycles. The predicted octanol–water partition coefficient (Wildman–Crippen LogP) is 1.00. The third-order valence-corrected chi connectivity index (χ3v) is 2.03. The van der Waals surface area contributed by atoms with Gasteiger partial charge in [-0.1, -0.05) is 0 Å². The second-order valence-electron chi connectivity index (χ2n) is 4.49. The molecular formula is C9H18N2O2. The van der Waals surface area contributed by atoms with Gasteiger partial charge >= 0.3 is 6.09 Å². The lowest BCUT2D eigenvalue weighted by Gasteiger charge is -2.34. The summed E-state index contributed by atoms with van der Waals surface area (Å²) in [5, 5.41) is 2.74. The SMILES string of the molecule is CC(C)(C)OC(=O)NC1CCC1N. The zero-order valence-electron chi connectivity index (χ0n) is 8.46. The summed E-state index contributed by atoms with van der Waals surface area (Å²) in [6.07, 6.45) is 1.58. The van der Waals surface area contributed by atoms with Crippen molar-refractivity contribution in [2.45, 2.75) is 51.3 Å². The molecule has 1 saturated carbocycles. The van der Waals surface area contributed by atoms with E-state index in [-0.39, 0.29) is 18.2 Å². The molecule has 0 radical (unpaired) electrons. The molecule has 1 fully saturated rings. The van der Waals surface area contributed by atoms with E-state index in [1.54, 1.807) is 0 Å². The highest BCUT2D eigenvalue weighted by molar-refractivity contribution is 5.68. The molecule has 1 rings (SSSR count). The van der Waals surface area contributed by atoms with Crippen molar-refractivity contribution in [3.8, 4) is 0 Å². The zero-order chi connectivity index (χ0) is 10.1. The minimum absolute atomic E-state index is 0.104. The maximum absolute atomic E-state index is 11.2. The fourth-order valence-corrected chi connectivity index (χ4v) is 1.16. The first-order valence-electron chi connectivity index (χ1n) is 4.63. The van der Waals surface area contributed by atoms with E-state index in [9.17, 15) is 4.79 Å². The molecule has 1 aliphatic carbocycles. The van der Waals surface area contributed by atoms with Gasteiger partial charge in [-0.25, -0.2) is 4.79 Å². The van der Waals surface area contributed by atoms with Gasteiger partial charge < -0.3 is 15.8 Å². The van der Waals surface area contributed by atoms with Crippen LogP contribution in [0.4, 0.5) is 4.79 Å². The summed E-state index contributed by atoms with van der Waals surface area (Å²) in [5.41, 5.74) is 5.23. The van der Waals surface area contributed by atoms with Gasteiger partial charge in [-0.15, -0.1) is 0 Å². The van der Waals surface area contributed by atoms with Crippen molar-refractivity contribution in [2.24, 2.45) is 5.73 Å². The fourth-order valence-electron chi connectivity index (χ4n) is 1.16. The molecule has 0 heterocycles. The number of hydrogen-bond donors (Lipinski definition) is 2.